The molecule has 0 fully saturated rings. The van der Waals surface area contributed by atoms with Gasteiger partial charge in [-0.15, -0.1) is 0 Å². The van der Waals surface area contributed by atoms with Gasteiger partial charge < -0.3 is 5.32 Å². The van der Waals surface area contributed by atoms with Gasteiger partial charge in [0, 0.05) is 18.3 Å². The van der Waals surface area contributed by atoms with E-state index in [1.807, 2.05) is 32.9 Å². The van der Waals surface area contributed by atoms with Crippen molar-refractivity contribution in [2.75, 3.05) is 0 Å². The Hall–Kier alpha value is -1.38. The number of nitrogens with zero attached hydrogens (tertiary/aromatic N) is 1. The van der Waals surface area contributed by atoms with Gasteiger partial charge in [-0.3, -0.25) is 9.78 Å². The average molecular weight is 220 g/mol. The summed E-state index contributed by atoms with van der Waals surface area (Å²) in [5, 5.41) is 3.02. The second-order valence-electron chi connectivity index (χ2n) is 4.03. The fourth-order valence-corrected chi connectivity index (χ4v) is 1.71. The maximum Gasteiger partial charge on any atom is 0.223 e. The van der Waals surface area contributed by atoms with Gasteiger partial charge in [0.25, 0.3) is 0 Å². The zero-order valence-electron chi connectivity index (χ0n) is 10.2. The number of carbonyl (C=O) groups excluding carboxylic acids is 1. The van der Waals surface area contributed by atoms with Crippen molar-refractivity contribution in [2.24, 2.45) is 5.92 Å². The molecule has 1 heterocycles. The Morgan fingerprint density at radius 2 is 2.12 bits per heavy atom. The average Bonchev–Trinajstić information content (AvgIpc) is 2.31. The van der Waals surface area contributed by atoms with E-state index in [-0.39, 0.29) is 17.9 Å². The van der Waals surface area contributed by atoms with Gasteiger partial charge in [0.1, 0.15) is 0 Å². The minimum Gasteiger partial charge on any atom is -0.349 e. The lowest BCUT2D eigenvalue weighted by molar-refractivity contribution is -0.125. The first-order valence-electron chi connectivity index (χ1n) is 5.89. The molecule has 88 valence electrons. The molecule has 3 nitrogen and oxygen atoms in total. The molecule has 16 heavy (non-hydrogen) atoms. The molecule has 1 aromatic rings. The van der Waals surface area contributed by atoms with E-state index >= 15 is 0 Å². The largest absolute Gasteiger partial charge is 0.349 e. The molecular formula is C13H20N2O. The van der Waals surface area contributed by atoms with Crippen LogP contribution in [0.15, 0.2) is 24.5 Å². The highest BCUT2D eigenvalue weighted by Gasteiger charge is 2.16. The van der Waals surface area contributed by atoms with Gasteiger partial charge in [0.2, 0.25) is 5.91 Å². The van der Waals surface area contributed by atoms with Crippen LogP contribution >= 0.6 is 0 Å². The van der Waals surface area contributed by atoms with Gasteiger partial charge in [0.05, 0.1) is 6.04 Å². The summed E-state index contributed by atoms with van der Waals surface area (Å²) in [6.45, 7) is 6.07. The Bertz CT molecular complexity index is 320. The highest BCUT2D eigenvalue weighted by atomic mass is 16.1. The van der Waals surface area contributed by atoms with Crippen LogP contribution in [0.5, 0.6) is 0 Å². The number of hydrogen-bond donors (Lipinski definition) is 1. The van der Waals surface area contributed by atoms with Crippen molar-refractivity contribution in [3.63, 3.8) is 0 Å². The monoisotopic (exact) mass is 220 g/mol. The van der Waals surface area contributed by atoms with Crippen LogP contribution in [-0.4, -0.2) is 10.9 Å². The van der Waals surface area contributed by atoms with Crippen molar-refractivity contribution in [2.45, 2.75) is 39.7 Å². The first-order valence-corrected chi connectivity index (χ1v) is 5.89. The molecule has 0 spiro atoms. The summed E-state index contributed by atoms with van der Waals surface area (Å²) >= 11 is 0. The normalized spacial score (nSPS) is 12.5. The predicted octanol–water partition coefficient (Wildman–Crippen LogP) is 2.70. The van der Waals surface area contributed by atoms with Crippen LogP contribution in [-0.2, 0) is 4.79 Å². The lowest BCUT2D eigenvalue weighted by Gasteiger charge is -2.18. The number of pyridine rings is 1. The van der Waals surface area contributed by atoms with E-state index in [4.69, 9.17) is 0 Å². The van der Waals surface area contributed by atoms with Crippen LogP contribution in [0.3, 0.4) is 0 Å². The summed E-state index contributed by atoms with van der Waals surface area (Å²) in [5.41, 5.74) is 1.04. The van der Waals surface area contributed by atoms with Crippen LogP contribution in [0.1, 0.15) is 45.2 Å². The summed E-state index contributed by atoms with van der Waals surface area (Å²) in [7, 11) is 0. The highest BCUT2D eigenvalue weighted by molar-refractivity contribution is 5.78. The second kappa shape index (κ2) is 6.26. The fourth-order valence-electron chi connectivity index (χ4n) is 1.71. The minimum atomic E-state index is 0.0294. The molecule has 0 bridgehead atoms. The van der Waals surface area contributed by atoms with Crippen LogP contribution in [0.2, 0.25) is 0 Å². The molecular weight excluding hydrogens is 200 g/mol. The second-order valence-corrected chi connectivity index (χ2v) is 4.03. The molecule has 1 atom stereocenters. The highest BCUT2D eigenvalue weighted by Crippen LogP contribution is 2.13. The summed E-state index contributed by atoms with van der Waals surface area (Å²) in [4.78, 5) is 15.9. The standard InChI is InChI=1S/C13H20N2O/c1-4-11(5-2)13(16)15-10(3)12-7-6-8-14-9-12/h6-11H,4-5H2,1-3H3,(H,15,16). The van der Waals surface area contributed by atoms with E-state index in [0.29, 0.717) is 0 Å². The first-order chi connectivity index (χ1) is 7.69. The molecule has 1 aromatic heterocycles. The number of rotatable bonds is 5. The molecule has 1 N–H and O–H groups in total. The molecule has 0 saturated heterocycles. The Labute approximate surface area is 97.3 Å². The molecule has 0 radical (unpaired) electrons. The molecule has 0 saturated carbocycles. The summed E-state index contributed by atoms with van der Waals surface area (Å²) in [6.07, 6.45) is 5.31. The summed E-state index contributed by atoms with van der Waals surface area (Å²) in [5.74, 6) is 0.264. The van der Waals surface area contributed by atoms with E-state index < -0.39 is 0 Å². The van der Waals surface area contributed by atoms with E-state index in [1.165, 1.54) is 0 Å². The van der Waals surface area contributed by atoms with Crippen LogP contribution < -0.4 is 5.32 Å². The van der Waals surface area contributed by atoms with Crippen molar-refractivity contribution in [3.05, 3.63) is 30.1 Å². The Balaban J connectivity index is 2.58. The third-order valence-electron chi connectivity index (χ3n) is 2.90. The van der Waals surface area contributed by atoms with Crippen molar-refractivity contribution in [1.82, 2.24) is 10.3 Å². The predicted molar refractivity (Wildman–Crippen MR) is 64.9 cm³/mol. The van der Waals surface area contributed by atoms with Gasteiger partial charge in [-0.1, -0.05) is 19.9 Å². The lowest BCUT2D eigenvalue weighted by Crippen LogP contribution is -2.32. The smallest absolute Gasteiger partial charge is 0.223 e. The number of aromatic nitrogens is 1. The Morgan fingerprint density at radius 1 is 1.44 bits per heavy atom. The van der Waals surface area contributed by atoms with E-state index in [9.17, 15) is 4.79 Å². The summed E-state index contributed by atoms with van der Waals surface area (Å²) in [6, 6.07) is 3.89. The number of hydrogen-bond acceptors (Lipinski definition) is 2. The van der Waals surface area contributed by atoms with Crippen LogP contribution in [0, 0.1) is 5.92 Å². The number of amides is 1. The van der Waals surface area contributed by atoms with Crippen molar-refractivity contribution >= 4 is 5.91 Å². The molecule has 0 aliphatic heterocycles. The van der Waals surface area contributed by atoms with Crippen molar-refractivity contribution < 1.29 is 4.79 Å². The SMILES string of the molecule is CCC(CC)C(=O)NC(C)c1cccnc1. The van der Waals surface area contributed by atoms with Crippen LogP contribution in [0.4, 0.5) is 0 Å². The zero-order valence-corrected chi connectivity index (χ0v) is 10.2. The quantitative estimate of drug-likeness (QED) is 0.829. The number of nitrogens with one attached hydrogen (secondary N) is 1. The van der Waals surface area contributed by atoms with Crippen molar-refractivity contribution in [1.29, 1.82) is 0 Å². The van der Waals surface area contributed by atoms with Gasteiger partial charge in [-0.2, -0.15) is 0 Å². The molecule has 1 unspecified atom stereocenters. The third kappa shape index (κ3) is 3.33. The maximum absolute atomic E-state index is 11.9. The van der Waals surface area contributed by atoms with E-state index in [0.717, 1.165) is 18.4 Å². The van der Waals surface area contributed by atoms with Crippen molar-refractivity contribution in [3.8, 4) is 0 Å². The summed E-state index contributed by atoms with van der Waals surface area (Å²) < 4.78 is 0. The lowest BCUT2D eigenvalue weighted by atomic mass is 10.0. The van der Waals surface area contributed by atoms with Gasteiger partial charge in [-0.05, 0) is 31.4 Å². The molecule has 0 aromatic carbocycles. The van der Waals surface area contributed by atoms with E-state index in [2.05, 4.69) is 10.3 Å². The number of carbonyl (C=O) groups is 1. The Kier molecular flexibility index (Phi) is 4.96. The third-order valence-corrected chi connectivity index (χ3v) is 2.90. The van der Waals surface area contributed by atoms with Gasteiger partial charge in [0.15, 0.2) is 0 Å². The maximum atomic E-state index is 11.9. The topological polar surface area (TPSA) is 42.0 Å². The van der Waals surface area contributed by atoms with Gasteiger partial charge >= 0.3 is 0 Å². The molecule has 1 rings (SSSR count). The zero-order chi connectivity index (χ0) is 12.0. The Morgan fingerprint density at radius 3 is 2.62 bits per heavy atom. The minimum absolute atomic E-state index is 0.0294. The first kappa shape index (κ1) is 12.7. The van der Waals surface area contributed by atoms with Gasteiger partial charge in [-0.25, -0.2) is 0 Å². The molecule has 0 aliphatic carbocycles. The molecule has 3 heteroatoms. The molecule has 0 aliphatic rings. The fraction of sp³-hybridized carbons (Fsp3) is 0.538. The van der Waals surface area contributed by atoms with Crippen LogP contribution in [0.25, 0.3) is 0 Å². The van der Waals surface area contributed by atoms with E-state index in [1.54, 1.807) is 12.4 Å². The molecule has 1 amide bonds.